The van der Waals surface area contributed by atoms with Gasteiger partial charge in [-0.1, -0.05) is 77.6 Å². The Kier molecular flexibility index (Phi) is 16.7. The van der Waals surface area contributed by atoms with Gasteiger partial charge in [-0.05, 0) is 20.3 Å². The molecule has 0 N–H and O–H groups in total. The minimum atomic E-state index is -3.04. The van der Waals surface area contributed by atoms with Gasteiger partial charge < -0.3 is 28.5 Å². The van der Waals surface area contributed by atoms with Crippen molar-refractivity contribution in [3.05, 3.63) is 0 Å². The molecule has 1 heterocycles. The summed E-state index contributed by atoms with van der Waals surface area (Å²) >= 11 is 0. The average Bonchev–Trinajstić information content (AvgIpc) is 2.68. The van der Waals surface area contributed by atoms with E-state index in [4.69, 9.17) is 0 Å². The lowest BCUT2D eigenvalue weighted by Crippen LogP contribution is -3.00. The highest BCUT2D eigenvalue weighted by atomic mass is 127. The third kappa shape index (κ3) is 11.1. The molecule has 0 saturated carbocycles. The van der Waals surface area contributed by atoms with Crippen LogP contribution in [0.4, 0.5) is 0 Å². The third-order valence-electron chi connectivity index (χ3n) is 6.64. The predicted octanol–water partition coefficient (Wildman–Crippen LogP) is 2.19. The van der Waals surface area contributed by atoms with Crippen LogP contribution in [0.1, 0.15) is 97.8 Å². The maximum absolute atomic E-state index is 12.6. The lowest BCUT2D eigenvalue weighted by Gasteiger charge is -2.43. The number of rotatable bonds is 16. The quantitative estimate of drug-likeness (QED) is 0.174. The molecule has 1 aliphatic rings. The van der Waals surface area contributed by atoms with Crippen LogP contribution in [-0.4, -0.2) is 62.2 Å². The first-order valence-corrected chi connectivity index (χ1v) is 13.4. The highest BCUT2D eigenvalue weighted by Gasteiger charge is 2.34. The summed E-state index contributed by atoms with van der Waals surface area (Å²) in [6.07, 6.45) is 15.3. The van der Waals surface area contributed by atoms with Crippen LogP contribution >= 0.6 is 0 Å². The largest absolute Gasteiger partial charge is 1.00 e. The fourth-order valence-electron chi connectivity index (χ4n) is 4.26. The van der Waals surface area contributed by atoms with Crippen LogP contribution < -0.4 is 24.0 Å². The van der Waals surface area contributed by atoms with Gasteiger partial charge in [0, 0.05) is 0 Å². The molecule has 0 aromatic heterocycles. The standard InChI is InChI=1S/C22H47N2O2S.HI/c1-4-7-8-9-10-11-12-13-14-15-16-17-22-27(25,26)23-18-20-24(5-2,6-3)21-19-23;/h4-22H2,1-3H3;1H/q+1;/p-1. The van der Waals surface area contributed by atoms with Crippen LogP contribution in [0.5, 0.6) is 0 Å². The first-order chi connectivity index (χ1) is 13.0. The predicted molar refractivity (Wildman–Crippen MR) is 118 cm³/mol. The van der Waals surface area contributed by atoms with Gasteiger partial charge in [-0.15, -0.1) is 0 Å². The van der Waals surface area contributed by atoms with Gasteiger partial charge in [-0.25, -0.2) is 8.42 Å². The molecular formula is C22H47IN2O2S. The minimum Gasteiger partial charge on any atom is -1.00 e. The van der Waals surface area contributed by atoms with Crippen LogP contribution in [0.2, 0.25) is 0 Å². The normalized spacial score (nSPS) is 17.4. The van der Waals surface area contributed by atoms with E-state index in [0.29, 0.717) is 18.8 Å². The molecule has 0 radical (unpaired) electrons. The van der Waals surface area contributed by atoms with Crippen molar-refractivity contribution in [2.24, 2.45) is 0 Å². The van der Waals surface area contributed by atoms with Crippen molar-refractivity contribution in [1.29, 1.82) is 0 Å². The van der Waals surface area contributed by atoms with E-state index in [1.807, 2.05) is 0 Å². The second kappa shape index (κ2) is 16.3. The van der Waals surface area contributed by atoms with E-state index in [9.17, 15) is 8.42 Å². The molecule has 0 spiro atoms. The molecule has 1 fully saturated rings. The van der Waals surface area contributed by atoms with Gasteiger partial charge in [0.15, 0.2) is 0 Å². The zero-order valence-electron chi connectivity index (χ0n) is 18.9. The highest BCUT2D eigenvalue weighted by Crippen LogP contribution is 2.17. The van der Waals surface area contributed by atoms with Crippen molar-refractivity contribution in [3.63, 3.8) is 0 Å². The number of quaternary nitrogens is 1. The van der Waals surface area contributed by atoms with Gasteiger partial charge in [0.1, 0.15) is 0 Å². The summed E-state index contributed by atoms with van der Waals surface area (Å²) in [5.41, 5.74) is 0. The Balaban J connectivity index is 0.00000729. The van der Waals surface area contributed by atoms with Crippen LogP contribution in [0.15, 0.2) is 0 Å². The molecule has 0 bridgehead atoms. The molecule has 28 heavy (non-hydrogen) atoms. The van der Waals surface area contributed by atoms with E-state index in [1.54, 1.807) is 4.31 Å². The second-order valence-electron chi connectivity index (χ2n) is 8.53. The fraction of sp³-hybridized carbons (Fsp3) is 1.00. The van der Waals surface area contributed by atoms with Crippen molar-refractivity contribution in [1.82, 2.24) is 4.31 Å². The molecule has 0 aromatic rings. The molecule has 0 aromatic carbocycles. The van der Waals surface area contributed by atoms with Gasteiger partial charge in [0.25, 0.3) is 0 Å². The summed E-state index contributed by atoms with van der Waals surface area (Å²) in [4.78, 5) is 0. The Morgan fingerprint density at radius 3 is 1.46 bits per heavy atom. The number of sulfonamides is 1. The molecule has 170 valence electrons. The minimum absolute atomic E-state index is 0. The molecule has 0 amide bonds. The van der Waals surface area contributed by atoms with Crippen LogP contribution in [0, 0.1) is 0 Å². The number of piperazine rings is 1. The summed E-state index contributed by atoms with van der Waals surface area (Å²) < 4.78 is 28.0. The maximum atomic E-state index is 12.6. The van der Waals surface area contributed by atoms with Gasteiger partial charge in [0.05, 0.1) is 45.0 Å². The smallest absolute Gasteiger partial charge is 0.214 e. The molecule has 1 aliphatic heterocycles. The van der Waals surface area contributed by atoms with Gasteiger partial charge in [0.2, 0.25) is 10.0 Å². The lowest BCUT2D eigenvalue weighted by molar-refractivity contribution is -0.928. The molecule has 0 atom stereocenters. The summed E-state index contributed by atoms with van der Waals surface area (Å²) in [7, 11) is -3.04. The van der Waals surface area contributed by atoms with Gasteiger partial charge in [-0.3, -0.25) is 0 Å². The highest BCUT2D eigenvalue weighted by molar-refractivity contribution is 7.89. The molecular weight excluding hydrogens is 483 g/mol. The Labute approximate surface area is 193 Å². The third-order valence-corrected chi connectivity index (χ3v) is 8.59. The lowest BCUT2D eigenvalue weighted by atomic mass is 10.1. The zero-order chi connectivity index (χ0) is 20.0. The van der Waals surface area contributed by atoms with Gasteiger partial charge in [-0.2, -0.15) is 4.31 Å². The SMILES string of the molecule is CCCCCCCCCCCCCCS(=O)(=O)N1CC[N+](CC)(CC)CC1.[I-]. The molecule has 1 rings (SSSR count). The van der Waals surface area contributed by atoms with Crippen LogP contribution in [0.25, 0.3) is 0 Å². The van der Waals surface area contributed by atoms with Crippen molar-refractivity contribution < 1.29 is 36.9 Å². The Hall–Kier alpha value is 0.600. The number of nitrogens with zero attached hydrogens (tertiary/aromatic N) is 2. The van der Waals surface area contributed by atoms with E-state index in [2.05, 4.69) is 20.8 Å². The first kappa shape index (κ1) is 28.6. The maximum Gasteiger partial charge on any atom is 0.214 e. The van der Waals surface area contributed by atoms with Crippen molar-refractivity contribution >= 4 is 10.0 Å². The summed E-state index contributed by atoms with van der Waals surface area (Å²) in [5.74, 6) is 0.350. The number of unbranched alkanes of at least 4 members (excludes halogenated alkanes) is 11. The Morgan fingerprint density at radius 2 is 1.07 bits per heavy atom. The van der Waals surface area contributed by atoms with Crippen molar-refractivity contribution in [2.45, 2.75) is 97.8 Å². The zero-order valence-corrected chi connectivity index (χ0v) is 21.9. The monoisotopic (exact) mass is 530 g/mol. The van der Waals surface area contributed by atoms with Gasteiger partial charge >= 0.3 is 0 Å². The summed E-state index contributed by atoms with van der Waals surface area (Å²) in [6, 6.07) is 0. The number of likely N-dealkylation sites (N-methyl/N-ethyl adjacent to an activating group) is 1. The first-order valence-electron chi connectivity index (χ1n) is 11.8. The molecule has 4 nitrogen and oxygen atoms in total. The summed E-state index contributed by atoms with van der Waals surface area (Å²) in [6.45, 7) is 12.3. The molecule has 0 aliphatic carbocycles. The van der Waals surface area contributed by atoms with Crippen LogP contribution in [-0.2, 0) is 10.0 Å². The summed E-state index contributed by atoms with van der Waals surface area (Å²) in [5, 5.41) is 0. The second-order valence-corrected chi connectivity index (χ2v) is 10.6. The van der Waals surface area contributed by atoms with Crippen molar-refractivity contribution in [2.75, 3.05) is 45.0 Å². The molecule has 1 saturated heterocycles. The molecule has 0 unspecified atom stereocenters. The Morgan fingerprint density at radius 1 is 0.679 bits per heavy atom. The van der Waals surface area contributed by atoms with E-state index in [-0.39, 0.29) is 24.0 Å². The topological polar surface area (TPSA) is 37.4 Å². The molecule has 6 heteroatoms. The van der Waals surface area contributed by atoms with E-state index in [0.717, 1.165) is 43.5 Å². The number of hydrogen-bond donors (Lipinski definition) is 0. The van der Waals surface area contributed by atoms with E-state index in [1.165, 1.54) is 64.2 Å². The van der Waals surface area contributed by atoms with E-state index >= 15 is 0 Å². The number of halogens is 1. The van der Waals surface area contributed by atoms with E-state index < -0.39 is 10.0 Å². The fourth-order valence-corrected chi connectivity index (χ4v) is 5.81. The Bertz CT molecular complexity index is 457. The average molecular weight is 531 g/mol. The van der Waals surface area contributed by atoms with Crippen LogP contribution in [0.3, 0.4) is 0 Å². The van der Waals surface area contributed by atoms with Crippen molar-refractivity contribution in [3.8, 4) is 0 Å². The number of hydrogen-bond acceptors (Lipinski definition) is 2.